The van der Waals surface area contributed by atoms with E-state index < -0.39 is 5.97 Å². The van der Waals surface area contributed by atoms with Gasteiger partial charge in [-0.1, -0.05) is 18.6 Å². The molecule has 0 fully saturated rings. The maximum atomic E-state index is 12.1. The molecule has 0 aromatic rings. The molecule has 0 aliphatic heterocycles. The van der Waals surface area contributed by atoms with Crippen LogP contribution in [-0.2, 0) is 14.3 Å². The summed E-state index contributed by atoms with van der Waals surface area (Å²) in [6.07, 6.45) is 8.57. The highest BCUT2D eigenvalue weighted by Crippen LogP contribution is 2.28. The van der Waals surface area contributed by atoms with E-state index in [0.717, 1.165) is 57.1 Å². The Labute approximate surface area is 133 Å². The van der Waals surface area contributed by atoms with Crippen molar-refractivity contribution in [1.82, 2.24) is 0 Å². The molecule has 0 radical (unpaired) electrons. The molecular formula is C18H27NO3. The zero-order valence-corrected chi connectivity index (χ0v) is 14.0. The van der Waals surface area contributed by atoms with Crippen LogP contribution >= 0.6 is 0 Å². The zero-order chi connectivity index (χ0) is 16.4. The molecule has 0 saturated carbocycles. The normalized spacial score (nSPS) is 18.2. The second kappa shape index (κ2) is 10.2. The number of esters is 1. The molecule has 1 unspecified atom stereocenters. The minimum absolute atomic E-state index is 0.155. The first-order valence-corrected chi connectivity index (χ1v) is 8.15. The number of nitrogens with zero attached hydrogens (tertiary/aromatic N) is 1. The smallest absolute Gasteiger partial charge is 0.349 e. The minimum Gasteiger partial charge on any atom is -0.459 e. The van der Waals surface area contributed by atoms with Gasteiger partial charge >= 0.3 is 5.97 Å². The maximum Gasteiger partial charge on any atom is 0.349 e. The molecule has 0 amide bonds. The van der Waals surface area contributed by atoms with Crippen LogP contribution in [0.4, 0.5) is 0 Å². The van der Waals surface area contributed by atoms with E-state index in [0.29, 0.717) is 0 Å². The number of carbonyl (C=O) groups is 1. The summed E-state index contributed by atoms with van der Waals surface area (Å²) < 4.78 is 10.3. The quantitative estimate of drug-likeness (QED) is 0.293. The number of rotatable bonds is 8. The van der Waals surface area contributed by atoms with Crippen LogP contribution in [0.3, 0.4) is 0 Å². The minimum atomic E-state index is -0.483. The number of methoxy groups -OCH3 is 1. The molecule has 1 atom stereocenters. The van der Waals surface area contributed by atoms with Crippen LogP contribution in [0, 0.1) is 11.3 Å². The van der Waals surface area contributed by atoms with E-state index in [2.05, 4.69) is 0 Å². The van der Waals surface area contributed by atoms with Gasteiger partial charge in [0.25, 0.3) is 0 Å². The van der Waals surface area contributed by atoms with Crippen LogP contribution in [0.2, 0.25) is 0 Å². The first kappa shape index (κ1) is 18.4. The van der Waals surface area contributed by atoms with E-state index >= 15 is 0 Å². The molecule has 0 spiro atoms. The second-order valence-electron chi connectivity index (χ2n) is 5.74. The average Bonchev–Trinajstić information content (AvgIpc) is 2.52. The van der Waals surface area contributed by atoms with Gasteiger partial charge in [-0.05, 0) is 57.4 Å². The molecule has 0 bridgehead atoms. The molecule has 1 aliphatic rings. The van der Waals surface area contributed by atoms with Crippen molar-refractivity contribution in [3.05, 3.63) is 22.8 Å². The molecule has 0 aromatic heterocycles. The van der Waals surface area contributed by atoms with Gasteiger partial charge in [0.1, 0.15) is 11.6 Å². The summed E-state index contributed by atoms with van der Waals surface area (Å²) in [5, 5.41) is 9.31. The van der Waals surface area contributed by atoms with E-state index in [1.807, 2.05) is 26.0 Å². The Balaban J connectivity index is 2.76. The van der Waals surface area contributed by atoms with Gasteiger partial charge in [-0.25, -0.2) is 4.79 Å². The van der Waals surface area contributed by atoms with E-state index in [-0.39, 0.29) is 11.7 Å². The second-order valence-corrected chi connectivity index (χ2v) is 5.74. The number of ether oxygens (including phenoxy) is 2. The van der Waals surface area contributed by atoms with Gasteiger partial charge in [0.05, 0.1) is 6.10 Å². The number of hydrogen-bond acceptors (Lipinski definition) is 4. The summed E-state index contributed by atoms with van der Waals surface area (Å²) in [6.45, 7) is 4.58. The summed E-state index contributed by atoms with van der Waals surface area (Å²) in [6, 6.07) is 2.04. The number of carbonyl (C=O) groups excluding carboxylic acids is 1. The molecule has 0 saturated heterocycles. The van der Waals surface area contributed by atoms with Crippen molar-refractivity contribution >= 4 is 5.97 Å². The number of hydrogen-bond donors (Lipinski definition) is 0. The molecule has 1 rings (SSSR count). The fourth-order valence-electron chi connectivity index (χ4n) is 2.46. The summed E-state index contributed by atoms with van der Waals surface area (Å²) in [4.78, 5) is 12.1. The topological polar surface area (TPSA) is 59.3 Å². The molecule has 0 heterocycles. The molecule has 1 aliphatic carbocycles. The predicted molar refractivity (Wildman–Crippen MR) is 86.1 cm³/mol. The van der Waals surface area contributed by atoms with Gasteiger partial charge in [-0.2, -0.15) is 5.26 Å². The van der Waals surface area contributed by atoms with Gasteiger partial charge in [0, 0.05) is 13.7 Å². The standard InChI is InChI=1S/C18H27NO3/c1-4-14(2)22-18(20)17(13-19)16-10-7-9-15(12-16)8-5-6-11-21-3/h12,14H,4-11H2,1-3H3/b17-16-. The Morgan fingerprint density at radius 2 is 2.18 bits per heavy atom. The summed E-state index contributed by atoms with van der Waals surface area (Å²) in [5.74, 6) is -0.483. The fraction of sp³-hybridized carbons (Fsp3) is 0.667. The van der Waals surface area contributed by atoms with Crippen molar-refractivity contribution in [2.75, 3.05) is 13.7 Å². The van der Waals surface area contributed by atoms with Crippen molar-refractivity contribution in [3.8, 4) is 6.07 Å². The Kier molecular flexibility index (Phi) is 8.54. The van der Waals surface area contributed by atoms with Crippen molar-refractivity contribution in [1.29, 1.82) is 5.26 Å². The average molecular weight is 305 g/mol. The lowest BCUT2D eigenvalue weighted by molar-refractivity contribution is -0.143. The SMILES string of the molecule is CCC(C)OC(=O)/C(C#N)=C1\C=C(CCCCOC)CCC1. The third kappa shape index (κ3) is 6.03. The van der Waals surface area contributed by atoms with Crippen LogP contribution in [0.5, 0.6) is 0 Å². The molecule has 4 heteroatoms. The Morgan fingerprint density at radius 1 is 1.41 bits per heavy atom. The van der Waals surface area contributed by atoms with Crippen molar-refractivity contribution < 1.29 is 14.3 Å². The lowest BCUT2D eigenvalue weighted by Crippen LogP contribution is -2.16. The lowest BCUT2D eigenvalue weighted by atomic mass is 9.90. The monoisotopic (exact) mass is 305 g/mol. The zero-order valence-electron chi connectivity index (χ0n) is 14.0. The van der Waals surface area contributed by atoms with Crippen molar-refractivity contribution in [2.45, 2.75) is 64.9 Å². The number of unbranched alkanes of at least 4 members (excludes halogenated alkanes) is 1. The number of nitriles is 1. The first-order chi connectivity index (χ1) is 10.6. The molecule has 122 valence electrons. The highest BCUT2D eigenvalue weighted by atomic mass is 16.5. The predicted octanol–water partition coefficient (Wildman–Crippen LogP) is 4.08. The highest BCUT2D eigenvalue weighted by Gasteiger charge is 2.20. The maximum absolute atomic E-state index is 12.1. The highest BCUT2D eigenvalue weighted by molar-refractivity contribution is 5.94. The van der Waals surface area contributed by atoms with E-state index in [1.165, 1.54) is 5.57 Å². The van der Waals surface area contributed by atoms with E-state index in [4.69, 9.17) is 9.47 Å². The Bertz CT molecular complexity index is 471. The third-order valence-corrected chi connectivity index (χ3v) is 3.94. The van der Waals surface area contributed by atoms with Crippen molar-refractivity contribution in [2.24, 2.45) is 0 Å². The largest absolute Gasteiger partial charge is 0.459 e. The number of allylic oxidation sites excluding steroid dienone is 3. The lowest BCUT2D eigenvalue weighted by Gasteiger charge is -2.17. The molecule has 4 nitrogen and oxygen atoms in total. The van der Waals surface area contributed by atoms with Crippen LogP contribution in [-0.4, -0.2) is 25.8 Å². The Hall–Kier alpha value is -1.60. The van der Waals surface area contributed by atoms with Gasteiger partial charge < -0.3 is 9.47 Å². The first-order valence-electron chi connectivity index (χ1n) is 8.15. The van der Waals surface area contributed by atoms with Crippen LogP contribution in [0.25, 0.3) is 0 Å². The molecule has 0 N–H and O–H groups in total. The summed E-state index contributed by atoms with van der Waals surface area (Å²) in [5.41, 5.74) is 2.33. The molecule has 0 aromatic carbocycles. The third-order valence-electron chi connectivity index (χ3n) is 3.94. The van der Waals surface area contributed by atoms with Gasteiger partial charge in [-0.3, -0.25) is 0 Å². The molecular weight excluding hydrogens is 278 g/mol. The molecule has 22 heavy (non-hydrogen) atoms. The van der Waals surface area contributed by atoms with E-state index in [9.17, 15) is 10.1 Å². The Morgan fingerprint density at radius 3 is 2.82 bits per heavy atom. The van der Waals surface area contributed by atoms with Gasteiger partial charge in [-0.15, -0.1) is 0 Å². The van der Waals surface area contributed by atoms with E-state index in [1.54, 1.807) is 7.11 Å². The summed E-state index contributed by atoms with van der Waals surface area (Å²) in [7, 11) is 1.71. The van der Waals surface area contributed by atoms with Gasteiger partial charge in [0.15, 0.2) is 0 Å². The van der Waals surface area contributed by atoms with Crippen LogP contribution in [0.15, 0.2) is 22.8 Å². The van der Waals surface area contributed by atoms with Crippen LogP contribution in [0.1, 0.15) is 58.8 Å². The van der Waals surface area contributed by atoms with Crippen molar-refractivity contribution in [3.63, 3.8) is 0 Å². The fourth-order valence-corrected chi connectivity index (χ4v) is 2.46. The van der Waals surface area contributed by atoms with Gasteiger partial charge in [0.2, 0.25) is 0 Å². The van der Waals surface area contributed by atoms with Crippen LogP contribution < -0.4 is 0 Å². The summed E-state index contributed by atoms with van der Waals surface area (Å²) >= 11 is 0.